The molecule has 4 rings (SSSR count). The lowest BCUT2D eigenvalue weighted by Gasteiger charge is -2.35. The minimum absolute atomic E-state index is 0.144. The SMILES string of the molecule is CC(NC(=O)c1ccc2c(n1)N(C(=O)Nc1cc(OCC(O)CO)ccn1)[C@H]1CCN2C1)C(F)(F)F. The maximum absolute atomic E-state index is 13.3. The third-order valence-corrected chi connectivity index (χ3v) is 5.86. The van der Waals surface area contributed by atoms with E-state index in [1.807, 2.05) is 10.2 Å². The molecule has 0 radical (unpaired) electrons. The molecular formula is C22H25F3N6O5. The zero-order chi connectivity index (χ0) is 26.0. The average Bonchev–Trinajstić information content (AvgIpc) is 3.25. The zero-order valence-corrected chi connectivity index (χ0v) is 19.2. The molecule has 3 atom stereocenters. The van der Waals surface area contributed by atoms with Crippen LogP contribution in [0.2, 0.25) is 0 Å². The van der Waals surface area contributed by atoms with Crippen LogP contribution in [0.5, 0.6) is 5.75 Å². The predicted molar refractivity (Wildman–Crippen MR) is 122 cm³/mol. The lowest BCUT2D eigenvalue weighted by atomic mass is 10.1. The van der Waals surface area contributed by atoms with E-state index in [9.17, 15) is 27.9 Å². The number of halogens is 3. The van der Waals surface area contributed by atoms with Crippen molar-refractivity contribution in [2.24, 2.45) is 0 Å². The molecule has 4 heterocycles. The molecule has 0 spiro atoms. The van der Waals surface area contributed by atoms with Crippen LogP contribution in [0.4, 0.5) is 35.3 Å². The van der Waals surface area contributed by atoms with Crippen LogP contribution in [-0.2, 0) is 0 Å². The van der Waals surface area contributed by atoms with E-state index in [0.29, 0.717) is 30.9 Å². The molecule has 0 aromatic carbocycles. The molecule has 3 amide bonds. The van der Waals surface area contributed by atoms with Gasteiger partial charge in [-0.25, -0.2) is 14.8 Å². The van der Waals surface area contributed by atoms with Crippen molar-refractivity contribution in [1.82, 2.24) is 15.3 Å². The van der Waals surface area contributed by atoms with Crippen molar-refractivity contribution in [3.8, 4) is 5.75 Å². The molecule has 1 saturated heterocycles. The lowest BCUT2D eigenvalue weighted by molar-refractivity contribution is -0.149. The van der Waals surface area contributed by atoms with Gasteiger partial charge in [-0.05, 0) is 31.5 Å². The number of alkyl halides is 3. The van der Waals surface area contributed by atoms with Gasteiger partial charge in [0.15, 0.2) is 5.82 Å². The van der Waals surface area contributed by atoms with Crippen LogP contribution in [0.15, 0.2) is 30.5 Å². The number of urea groups is 1. The fraction of sp³-hybridized carbons (Fsp3) is 0.455. The summed E-state index contributed by atoms with van der Waals surface area (Å²) >= 11 is 0. The van der Waals surface area contributed by atoms with Crippen LogP contribution in [0.1, 0.15) is 23.8 Å². The highest BCUT2D eigenvalue weighted by molar-refractivity contribution is 6.05. The van der Waals surface area contributed by atoms with Gasteiger partial charge in [0.05, 0.1) is 18.3 Å². The van der Waals surface area contributed by atoms with Gasteiger partial charge in [-0.3, -0.25) is 15.0 Å². The van der Waals surface area contributed by atoms with Gasteiger partial charge in [-0.15, -0.1) is 0 Å². The van der Waals surface area contributed by atoms with E-state index in [1.54, 1.807) is 6.07 Å². The fourth-order valence-electron chi connectivity index (χ4n) is 3.93. The minimum Gasteiger partial charge on any atom is -0.491 e. The molecule has 2 aromatic heterocycles. The first-order valence-electron chi connectivity index (χ1n) is 11.2. The summed E-state index contributed by atoms with van der Waals surface area (Å²) in [5, 5.41) is 22.9. The fourth-order valence-corrected chi connectivity index (χ4v) is 3.93. The molecule has 194 valence electrons. The molecule has 2 unspecified atom stereocenters. The number of pyridine rings is 2. The van der Waals surface area contributed by atoms with Gasteiger partial charge >= 0.3 is 12.2 Å². The Hall–Kier alpha value is -3.65. The lowest BCUT2D eigenvalue weighted by Crippen LogP contribution is -2.49. The van der Waals surface area contributed by atoms with Crippen LogP contribution in [0.25, 0.3) is 0 Å². The van der Waals surface area contributed by atoms with E-state index in [2.05, 4.69) is 15.3 Å². The maximum Gasteiger partial charge on any atom is 0.408 e. The molecule has 1 fully saturated rings. The van der Waals surface area contributed by atoms with E-state index < -0.39 is 36.9 Å². The Bertz CT molecular complexity index is 1130. The standard InChI is InChI=1S/C22H25F3N6O5/c1-12(22(23,24)25)27-20(34)16-2-3-17-19(28-16)31(13-5-7-30(17)9-13)21(35)29-18-8-15(4-6-26-18)36-11-14(33)10-32/h2-4,6,8,12-14,32-33H,5,7,9-11H2,1H3,(H,27,34)(H,26,29,35)/t12?,13-,14?/m0/s1. The summed E-state index contributed by atoms with van der Waals surface area (Å²) in [5.74, 6) is -0.403. The number of hydrogen-bond acceptors (Lipinski definition) is 8. The largest absolute Gasteiger partial charge is 0.491 e. The van der Waals surface area contributed by atoms with Crippen molar-refractivity contribution in [2.75, 3.05) is 41.4 Å². The van der Waals surface area contributed by atoms with Gasteiger partial charge in [-0.1, -0.05) is 0 Å². The van der Waals surface area contributed by atoms with E-state index in [1.165, 1.54) is 29.3 Å². The maximum atomic E-state index is 13.3. The smallest absolute Gasteiger partial charge is 0.408 e. The summed E-state index contributed by atoms with van der Waals surface area (Å²) in [7, 11) is 0. The van der Waals surface area contributed by atoms with Gasteiger partial charge < -0.3 is 25.2 Å². The molecule has 36 heavy (non-hydrogen) atoms. The van der Waals surface area contributed by atoms with Gasteiger partial charge in [0, 0.05) is 25.4 Å². The summed E-state index contributed by atoms with van der Waals surface area (Å²) < 4.78 is 44.0. The number of hydrogen-bond donors (Lipinski definition) is 4. The van der Waals surface area contributed by atoms with Gasteiger partial charge in [0.2, 0.25) is 0 Å². The Morgan fingerprint density at radius 1 is 1.31 bits per heavy atom. The van der Waals surface area contributed by atoms with E-state index in [-0.39, 0.29) is 30.0 Å². The third kappa shape index (κ3) is 5.44. The number of carbonyl (C=O) groups is 2. The second-order valence-corrected chi connectivity index (χ2v) is 8.49. The molecule has 0 aliphatic carbocycles. The van der Waals surface area contributed by atoms with Crippen LogP contribution >= 0.6 is 0 Å². The van der Waals surface area contributed by atoms with Crippen molar-refractivity contribution >= 4 is 29.3 Å². The minimum atomic E-state index is -4.61. The Labute approximate surface area is 203 Å². The molecule has 11 nitrogen and oxygen atoms in total. The monoisotopic (exact) mass is 510 g/mol. The Balaban J connectivity index is 1.55. The van der Waals surface area contributed by atoms with E-state index in [4.69, 9.17) is 9.84 Å². The number of anilines is 3. The first-order chi connectivity index (χ1) is 17.1. The number of ether oxygens (including phenoxy) is 1. The third-order valence-electron chi connectivity index (χ3n) is 5.86. The number of nitrogens with zero attached hydrogens (tertiary/aromatic N) is 4. The zero-order valence-electron chi connectivity index (χ0n) is 19.2. The number of nitrogens with one attached hydrogen (secondary N) is 2. The summed E-state index contributed by atoms with van der Waals surface area (Å²) in [6, 6.07) is 2.92. The molecule has 2 aromatic rings. The summed E-state index contributed by atoms with van der Waals surface area (Å²) in [6.07, 6.45) is -3.66. The number of amides is 3. The summed E-state index contributed by atoms with van der Waals surface area (Å²) in [4.78, 5) is 37.4. The molecule has 2 aliphatic heterocycles. The van der Waals surface area contributed by atoms with Gasteiger partial charge in [-0.2, -0.15) is 13.2 Å². The average molecular weight is 510 g/mol. The number of carbonyl (C=O) groups excluding carboxylic acids is 2. The van der Waals surface area contributed by atoms with Crippen molar-refractivity contribution < 1.29 is 37.7 Å². The summed E-state index contributed by atoms with van der Waals surface area (Å²) in [6.45, 7) is 1.39. The molecule has 0 saturated carbocycles. The molecule has 4 N–H and O–H groups in total. The quantitative estimate of drug-likeness (QED) is 0.440. The predicted octanol–water partition coefficient (Wildman–Crippen LogP) is 1.52. The van der Waals surface area contributed by atoms with Crippen LogP contribution in [0, 0.1) is 0 Å². The topological polar surface area (TPSA) is 140 Å². The van der Waals surface area contributed by atoms with Crippen molar-refractivity contribution in [3.63, 3.8) is 0 Å². The first-order valence-corrected chi connectivity index (χ1v) is 11.2. The molecule has 14 heteroatoms. The van der Waals surface area contributed by atoms with E-state index >= 15 is 0 Å². The Morgan fingerprint density at radius 3 is 2.81 bits per heavy atom. The second-order valence-electron chi connectivity index (χ2n) is 8.49. The van der Waals surface area contributed by atoms with Crippen LogP contribution in [-0.4, -0.2) is 82.8 Å². The van der Waals surface area contributed by atoms with Crippen LogP contribution < -0.4 is 25.2 Å². The van der Waals surface area contributed by atoms with Crippen molar-refractivity contribution in [1.29, 1.82) is 0 Å². The van der Waals surface area contributed by atoms with Gasteiger partial charge in [0.25, 0.3) is 5.91 Å². The molecule has 2 aliphatic rings. The normalized spacial score (nSPS) is 18.3. The highest BCUT2D eigenvalue weighted by Gasteiger charge is 2.41. The molecule has 2 bridgehead atoms. The highest BCUT2D eigenvalue weighted by atomic mass is 19.4. The number of aliphatic hydroxyl groups is 2. The first kappa shape index (κ1) is 25.4. The Kier molecular flexibility index (Phi) is 7.17. The number of rotatable bonds is 7. The molecular weight excluding hydrogens is 485 g/mol. The van der Waals surface area contributed by atoms with E-state index in [0.717, 1.165) is 6.92 Å². The summed E-state index contributed by atoms with van der Waals surface area (Å²) in [5.41, 5.74) is 0.337. The van der Waals surface area contributed by atoms with Crippen LogP contribution in [0.3, 0.4) is 0 Å². The highest BCUT2D eigenvalue weighted by Crippen LogP contribution is 2.39. The number of aliphatic hydroxyl groups excluding tert-OH is 2. The number of aromatic nitrogens is 2. The second kappa shape index (κ2) is 10.1. The van der Waals surface area contributed by atoms with Crippen molar-refractivity contribution in [2.45, 2.75) is 37.7 Å². The van der Waals surface area contributed by atoms with Gasteiger partial charge in [0.1, 0.15) is 36.0 Å². The number of fused-ring (bicyclic) bond motifs is 4. The van der Waals surface area contributed by atoms with Crippen molar-refractivity contribution in [3.05, 3.63) is 36.2 Å². The Morgan fingerprint density at radius 2 is 2.08 bits per heavy atom.